The molecule has 146 valence electrons. The van der Waals surface area contributed by atoms with E-state index in [1.165, 1.54) is 0 Å². The molecule has 3 heteroatoms. The highest BCUT2D eigenvalue weighted by Crippen LogP contribution is 2.68. The smallest absolute Gasteiger partial charge is 0.143 e. The van der Waals surface area contributed by atoms with Gasteiger partial charge in [-0.25, -0.2) is 0 Å². The van der Waals surface area contributed by atoms with E-state index < -0.39 is 11.5 Å². The summed E-state index contributed by atoms with van der Waals surface area (Å²) in [5.74, 6) is 3.45. The summed E-state index contributed by atoms with van der Waals surface area (Å²) >= 11 is 0. The molecular formula is C23H36O3. The fourth-order valence-corrected chi connectivity index (χ4v) is 7.05. The van der Waals surface area contributed by atoms with Gasteiger partial charge in [-0.1, -0.05) is 34.6 Å². The van der Waals surface area contributed by atoms with Crippen molar-refractivity contribution >= 4 is 5.78 Å². The fourth-order valence-electron chi connectivity index (χ4n) is 7.05. The van der Waals surface area contributed by atoms with Gasteiger partial charge in [0.2, 0.25) is 0 Å². The lowest BCUT2D eigenvalue weighted by molar-refractivity contribution is -0.193. The van der Waals surface area contributed by atoms with Gasteiger partial charge in [0.15, 0.2) is 0 Å². The summed E-state index contributed by atoms with van der Waals surface area (Å²) in [6.07, 6.45) is 9.90. The maximum absolute atomic E-state index is 13.7. The molecule has 3 rings (SSSR count). The molecule has 3 fully saturated rings. The van der Waals surface area contributed by atoms with Crippen molar-refractivity contribution in [3.05, 3.63) is 0 Å². The molecule has 2 bridgehead atoms. The molecule has 0 amide bonds. The summed E-state index contributed by atoms with van der Waals surface area (Å²) in [4.78, 5) is 13.7. The number of carbonyl (C=O) groups is 1. The van der Waals surface area contributed by atoms with Gasteiger partial charge in [-0.05, 0) is 49.4 Å². The maximum atomic E-state index is 13.7. The van der Waals surface area contributed by atoms with Crippen LogP contribution in [0.5, 0.6) is 0 Å². The Balaban J connectivity index is 2.20. The minimum atomic E-state index is -0.672. The first-order valence-electron chi connectivity index (χ1n) is 10.3. The van der Waals surface area contributed by atoms with Crippen molar-refractivity contribution in [3.8, 4) is 12.3 Å². The van der Waals surface area contributed by atoms with Crippen molar-refractivity contribution in [1.29, 1.82) is 0 Å². The van der Waals surface area contributed by atoms with E-state index >= 15 is 0 Å². The van der Waals surface area contributed by atoms with Crippen LogP contribution in [0.3, 0.4) is 0 Å². The second-order valence-corrected chi connectivity index (χ2v) is 9.94. The Morgan fingerprint density at radius 1 is 1.27 bits per heavy atom. The zero-order valence-corrected chi connectivity index (χ0v) is 17.3. The zero-order valence-electron chi connectivity index (χ0n) is 17.3. The second-order valence-electron chi connectivity index (χ2n) is 9.94. The van der Waals surface area contributed by atoms with Gasteiger partial charge in [0.25, 0.3) is 0 Å². The number of ketones is 1. The number of methoxy groups -OCH3 is 1. The van der Waals surface area contributed by atoms with Crippen molar-refractivity contribution in [2.24, 2.45) is 39.9 Å². The number of ether oxygens (including phenoxy) is 1. The molecule has 3 aliphatic rings. The van der Waals surface area contributed by atoms with Gasteiger partial charge >= 0.3 is 0 Å². The summed E-state index contributed by atoms with van der Waals surface area (Å²) in [6, 6.07) is 0. The molecular weight excluding hydrogens is 324 g/mol. The number of aliphatic hydroxyl groups is 1. The molecule has 0 radical (unpaired) electrons. The minimum absolute atomic E-state index is 0.0484. The van der Waals surface area contributed by atoms with E-state index in [9.17, 15) is 9.90 Å². The second kappa shape index (κ2) is 6.35. The van der Waals surface area contributed by atoms with E-state index in [1.54, 1.807) is 7.11 Å². The molecule has 0 aromatic heterocycles. The van der Waals surface area contributed by atoms with Gasteiger partial charge in [0.05, 0.1) is 12.2 Å². The van der Waals surface area contributed by atoms with Crippen molar-refractivity contribution in [2.45, 2.75) is 78.9 Å². The van der Waals surface area contributed by atoms with Gasteiger partial charge in [0, 0.05) is 29.8 Å². The summed E-state index contributed by atoms with van der Waals surface area (Å²) in [6.45, 7) is 10.6. The average Bonchev–Trinajstić information content (AvgIpc) is 3.02. The number of Topliss-reactive ketones (excluding diaryl/α,β-unsaturated/α-hetero) is 1. The average molecular weight is 361 g/mol. The highest BCUT2D eigenvalue weighted by molar-refractivity contribution is 5.88. The first kappa shape index (κ1) is 19.9. The third kappa shape index (κ3) is 2.31. The lowest BCUT2D eigenvalue weighted by atomic mass is 9.43. The van der Waals surface area contributed by atoms with Crippen LogP contribution in [0.1, 0.15) is 66.7 Å². The largest absolute Gasteiger partial charge is 0.393 e. The van der Waals surface area contributed by atoms with Crippen LogP contribution < -0.4 is 0 Å². The Kier molecular flexibility index (Phi) is 4.86. The van der Waals surface area contributed by atoms with Crippen LogP contribution in [-0.2, 0) is 9.53 Å². The molecule has 0 aliphatic heterocycles. The molecule has 0 saturated heterocycles. The molecule has 1 N–H and O–H groups in total. The molecule has 3 nitrogen and oxygen atoms in total. The van der Waals surface area contributed by atoms with Crippen molar-refractivity contribution in [3.63, 3.8) is 0 Å². The standard InChI is InChI=1S/C23H36O3/c1-8-14(2)21(5)13-18(24)22(6)15(3)9-11-23(16(4)20(21)25)12-10-17(26-7)19(22)23/h1,14-19,24H,9-13H2,2-7H3/t14?,15-,16+,17-,18-,19?,21+,22+,23?/m1/s1. The lowest BCUT2D eigenvalue weighted by Crippen LogP contribution is -2.63. The summed E-state index contributed by atoms with van der Waals surface area (Å²) in [5.41, 5.74) is -0.995. The van der Waals surface area contributed by atoms with Crippen LogP contribution >= 0.6 is 0 Å². The molecule has 0 aromatic carbocycles. The predicted octanol–water partition coefficient (Wildman–Crippen LogP) is 4.08. The molecule has 3 saturated carbocycles. The number of hydrogen-bond acceptors (Lipinski definition) is 3. The van der Waals surface area contributed by atoms with Gasteiger partial charge < -0.3 is 9.84 Å². The molecule has 26 heavy (non-hydrogen) atoms. The van der Waals surface area contributed by atoms with Crippen LogP contribution in [0.15, 0.2) is 0 Å². The molecule has 0 spiro atoms. The maximum Gasteiger partial charge on any atom is 0.143 e. The summed E-state index contributed by atoms with van der Waals surface area (Å²) in [7, 11) is 1.79. The van der Waals surface area contributed by atoms with E-state index in [1.807, 2.05) is 13.8 Å². The molecule has 3 aliphatic carbocycles. The first-order chi connectivity index (χ1) is 12.1. The molecule has 0 aromatic rings. The van der Waals surface area contributed by atoms with E-state index in [2.05, 4.69) is 26.7 Å². The van der Waals surface area contributed by atoms with Crippen molar-refractivity contribution in [2.75, 3.05) is 7.11 Å². The van der Waals surface area contributed by atoms with Crippen LogP contribution in [0.4, 0.5) is 0 Å². The van der Waals surface area contributed by atoms with Crippen LogP contribution in [-0.4, -0.2) is 30.2 Å². The van der Waals surface area contributed by atoms with Gasteiger partial charge in [-0.2, -0.15) is 0 Å². The molecule has 0 heterocycles. The van der Waals surface area contributed by atoms with Crippen molar-refractivity contribution < 1.29 is 14.6 Å². The monoisotopic (exact) mass is 360 g/mol. The quantitative estimate of drug-likeness (QED) is 0.755. The van der Waals surface area contributed by atoms with E-state index in [0.29, 0.717) is 12.3 Å². The third-order valence-corrected chi connectivity index (χ3v) is 9.32. The van der Waals surface area contributed by atoms with E-state index in [0.717, 1.165) is 25.7 Å². The number of rotatable bonds is 2. The number of terminal acetylenes is 1. The number of carbonyl (C=O) groups excluding carboxylic acids is 1. The Hall–Kier alpha value is -0.850. The third-order valence-electron chi connectivity index (χ3n) is 9.32. The predicted molar refractivity (Wildman–Crippen MR) is 103 cm³/mol. The lowest BCUT2D eigenvalue weighted by Gasteiger charge is -2.61. The first-order valence-corrected chi connectivity index (χ1v) is 10.3. The van der Waals surface area contributed by atoms with Crippen LogP contribution in [0.25, 0.3) is 0 Å². The summed E-state index contributed by atoms with van der Waals surface area (Å²) in [5, 5.41) is 11.5. The van der Waals surface area contributed by atoms with Crippen LogP contribution in [0.2, 0.25) is 0 Å². The Morgan fingerprint density at radius 3 is 2.46 bits per heavy atom. The van der Waals surface area contributed by atoms with Gasteiger partial charge in [-0.15, -0.1) is 12.3 Å². The van der Waals surface area contributed by atoms with Crippen LogP contribution in [0, 0.1) is 52.3 Å². The Bertz CT molecular complexity index is 621. The molecule has 3 unspecified atom stereocenters. The number of aliphatic hydroxyl groups excluding tert-OH is 1. The van der Waals surface area contributed by atoms with Gasteiger partial charge in [0.1, 0.15) is 5.78 Å². The topological polar surface area (TPSA) is 46.5 Å². The summed E-state index contributed by atoms with van der Waals surface area (Å²) < 4.78 is 5.92. The molecule has 9 atom stereocenters. The normalized spacial score (nSPS) is 52.5. The Labute approximate surface area is 159 Å². The fraction of sp³-hybridized carbons (Fsp3) is 0.870. The zero-order chi connectivity index (χ0) is 19.5. The highest BCUT2D eigenvalue weighted by Gasteiger charge is 2.68. The Morgan fingerprint density at radius 2 is 1.88 bits per heavy atom. The van der Waals surface area contributed by atoms with Gasteiger partial charge in [-0.3, -0.25) is 4.79 Å². The van der Waals surface area contributed by atoms with Crippen molar-refractivity contribution in [1.82, 2.24) is 0 Å². The SMILES string of the molecule is C#CC(C)[C@]1(C)C[C@@H](O)[C@@]2(C)C3[C@H](OC)CCC3(CC[C@H]2C)[C@@H](C)C1=O. The highest BCUT2D eigenvalue weighted by atomic mass is 16.5. The minimum Gasteiger partial charge on any atom is -0.393 e. The number of hydrogen-bond donors (Lipinski definition) is 1. The van der Waals surface area contributed by atoms with E-state index in [4.69, 9.17) is 11.2 Å². The van der Waals surface area contributed by atoms with E-state index in [-0.39, 0.29) is 40.5 Å².